The predicted octanol–water partition coefficient (Wildman–Crippen LogP) is 3.64. The van der Waals surface area contributed by atoms with Gasteiger partial charge >= 0.3 is 0 Å². The topological polar surface area (TPSA) is 49.7 Å². The van der Waals surface area contributed by atoms with Crippen LogP contribution in [0.1, 0.15) is 61.3 Å². The first-order valence-corrected chi connectivity index (χ1v) is 7.84. The fourth-order valence-corrected chi connectivity index (χ4v) is 3.16. The minimum atomic E-state index is -0.666. The zero-order chi connectivity index (χ0) is 16.2. The number of aryl methyl sites for hydroxylation is 1. The molecule has 0 aliphatic rings. The summed E-state index contributed by atoms with van der Waals surface area (Å²) in [5.74, 6) is 1.11. The minimum absolute atomic E-state index is 0.205. The Morgan fingerprint density at radius 3 is 2.24 bits per heavy atom. The average molecular weight is 294 g/mol. The van der Waals surface area contributed by atoms with Gasteiger partial charge < -0.3 is 14.9 Å². The molecule has 0 radical (unpaired) electrons. The van der Waals surface area contributed by atoms with Crippen LogP contribution in [0, 0.1) is 20.8 Å². The number of benzene rings is 1. The maximum absolute atomic E-state index is 10.2. The molecule has 3 heteroatoms. The fraction of sp³-hybridized carbons (Fsp3) is 0.667. The van der Waals surface area contributed by atoms with Gasteiger partial charge in [0.15, 0.2) is 0 Å². The number of methoxy groups -OCH3 is 1. The number of ether oxygens (including phenoxy) is 1. The van der Waals surface area contributed by atoms with Crippen molar-refractivity contribution in [2.24, 2.45) is 0 Å². The molecule has 0 heterocycles. The number of aliphatic hydroxyl groups excluding tert-OH is 2. The maximum atomic E-state index is 10.2. The van der Waals surface area contributed by atoms with Crippen molar-refractivity contribution in [1.82, 2.24) is 0 Å². The molecule has 21 heavy (non-hydrogen) atoms. The molecule has 1 aromatic rings. The van der Waals surface area contributed by atoms with Gasteiger partial charge in [-0.25, -0.2) is 0 Å². The van der Waals surface area contributed by atoms with E-state index in [-0.39, 0.29) is 5.92 Å². The normalized spacial score (nSPS) is 15.6. The van der Waals surface area contributed by atoms with Crippen LogP contribution >= 0.6 is 0 Å². The molecule has 0 aliphatic carbocycles. The maximum Gasteiger partial charge on any atom is 0.122 e. The van der Waals surface area contributed by atoms with Crippen LogP contribution in [-0.2, 0) is 0 Å². The van der Waals surface area contributed by atoms with Crippen LogP contribution in [-0.4, -0.2) is 29.5 Å². The highest BCUT2D eigenvalue weighted by Gasteiger charge is 2.22. The molecule has 2 N–H and O–H groups in total. The summed E-state index contributed by atoms with van der Waals surface area (Å²) >= 11 is 0. The molecule has 0 amide bonds. The fourth-order valence-electron chi connectivity index (χ4n) is 3.16. The molecule has 0 spiro atoms. The largest absolute Gasteiger partial charge is 0.496 e. The molecule has 1 aromatic carbocycles. The number of aliphatic hydroxyl groups is 2. The van der Waals surface area contributed by atoms with Gasteiger partial charge in [0.1, 0.15) is 5.75 Å². The third-order valence-electron chi connectivity index (χ3n) is 4.44. The Bertz CT molecular complexity index is 468. The Hall–Kier alpha value is -1.06. The SMILES string of the molecule is CCCC(O)C(O)CC(C)c1c(C)cc(OC)c(C)c1C. The zero-order valence-electron chi connectivity index (χ0n) is 14.2. The first-order chi connectivity index (χ1) is 9.83. The van der Waals surface area contributed by atoms with Gasteiger partial charge in [0.2, 0.25) is 0 Å². The summed E-state index contributed by atoms with van der Waals surface area (Å²) in [5, 5.41) is 20.1. The van der Waals surface area contributed by atoms with Gasteiger partial charge in [0.25, 0.3) is 0 Å². The van der Waals surface area contributed by atoms with Crippen molar-refractivity contribution in [2.75, 3.05) is 7.11 Å². The molecule has 0 saturated heterocycles. The molecule has 3 nitrogen and oxygen atoms in total. The van der Waals surface area contributed by atoms with Gasteiger partial charge in [-0.15, -0.1) is 0 Å². The van der Waals surface area contributed by atoms with Crippen LogP contribution in [0.25, 0.3) is 0 Å². The van der Waals surface area contributed by atoms with E-state index in [9.17, 15) is 10.2 Å². The van der Waals surface area contributed by atoms with Gasteiger partial charge in [-0.1, -0.05) is 20.3 Å². The van der Waals surface area contributed by atoms with Gasteiger partial charge in [0.05, 0.1) is 19.3 Å². The second-order valence-corrected chi connectivity index (χ2v) is 6.12. The Kier molecular flexibility index (Phi) is 6.69. The molecule has 0 fully saturated rings. The van der Waals surface area contributed by atoms with Gasteiger partial charge in [-0.3, -0.25) is 0 Å². The smallest absolute Gasteiger partial charge is 0.122 e. The Morgan fingerprint density at radius 2 is 1.71 bits per heavy atom. The Balaban J connectivity index is 2.97. The molecule has 120 valence electrons. The molecule has 0 aromatic heterocycles. The molecular formula is C18H30O3. The molecule has 0 bridgehead atoms. The zero-order valence-corrected chi connectivity index (χ0v) is 14.2. The molecule has 3 atom stereocenters. The lowest BCUT2D eigenvalue weighted by molar-refractivity contribution is 0.00632. The number of hydrogen-bond acceptors (Lipinski definition) is 3. The summed E-state index contributed by atoms with van der Waals surface area (Å²) < 4.78 is 5.40. The standard InChI is InChI=1S/C18H30O3/c1-7-8-15(19)16(20)9-11(2)18-12(3)10-17(21-6)13(4)14(18)5/h10-11,15-16,19-20H,7-9H2,1-6H3. The van der Waals surface area contributed by atoms with Crippen molar-refractivity contribution in [3.05, 3.63) is 28.3 Å². The highest BCUT2D eigenvalue weighted by atomic mass is 16.5. The van der Waals surface area contributed by atoms with Gasteiger partial charge in [-0.05, 0) is 67.9 Å². The second-order valence-electron chi connectivity index (χ2n) is 6.12. The van der Waals surface area contributed by atoms with E-state index < -0.39 is 12.2 Å². The van der Waals surface area contributed by atoms with Crippen molar-refractivity contribution in [2.45, 2.75) is 72.0 Å². The van der Waals surface area contributed by atoms with E-state index in [1.807, 2.05) is 6.92 Å². The summed E-state index contributed by atoms with van der Waals surface area (Å²) in [6.07, 6.45) is 0.813. The summed E-state index contributed by atoms with van der Waals surface area (Å²) in [6, 6.07) is 2.06. The number of rotatable bonds is 7. The second kappa shape index (κ2) is 7.81. The van der Waals surface area contributed by atoms with Crippen molar-refractivity contribution >= 4 is 0 Å². The molecular weight excluding hydrogens is 264 g/mol. The van der Waals surface area contributed by atoms with Crippen molar-refractivity contribution < 1.29 is 14.9 Å². The van der Waals surface area contributed by atoms with Crippen LogP contribution in [0.5, 0.6) is 5.75 Å². The predicted molar refractivity (Wildman–Crippen MR) is 87.2 cm³/mol. The van der Waals surface area contributed by atoms with Crippen LogP contribution in [0.2, 0.25) is 0 Å². The van der Waals surface area contributed by atoms with Gasteiger partial charge in [0, 0.05) is 0 Å². The lowest BCUT2D eigenvalue weighted by Gasteiger charge is -2.25. The Labute approximate surface area is 129 Å². The lowest BCUT2D eigenvalue weighted by atomic mass is 9.85. The highest BCUT2D eigenvalue weighted by molar-refractivity contribution is 5.49. The van der Waals surface area contributed by atoms with Crippen molar-refractivity contribution in [3.63, 3.8) is 0 Å². The first-order valence-electron chi connectivity index (χ1n) is 7.84. The molecule has 1 rings (SSSR count). The molecule has 0 saturated carbocycles. The van der Waals surface area contributed by atoms with Gasteiger partial charge in [-0.2, -0.15) is 0 Å². The van der Waals surface area contributed by atoms with E-state index in [2.05, 4.69) is 33.8 Å². The monoisotopic (exact) mass is 294 g/mol. The van der Waals surface area contributed by atoms with Crippen LogP contribution < -0.4 is 4.74 Å². The van der Waals surface area contributed by atoms with E-state index in [4.69, 9.17) is 4.74 Å². The summed E-state index contributed by atoms with van der Waals surface area (Å²) in [7, 11) is 1.69. The Morgan fingerprint density at radius 1 is 1.10 bits per heavy atom. The minimum Gasteiger partial charge on any atom is -0.496 e. The van der Waals surface area contributed by atoms with E-state index >= 15 is 0 Å². The van der Waals surface area contributed by atoms with Crippen molar-refractivity contribution in [1.29, 1.82) is 0 Å². The third kappa shape index (κ3) is 4.21. The number of hydrogen-bond donors (Lipinski definition) is 2. The van der Waals surface area contributed by atoms with E-state index in [0.29, 0.717) is 12.8 Å². The molecule has 0 aliphatic heterocycles. The van der Waals surface area contributed by atoms with Crippen LogP contribution in [0.3, 0.4) is 0 Å². The summed E-state index contributed by atoms with van der Waals surface area (Å²) in [4.78, 5) is 0. The lowest BCUT2D eigenvalue weighted by Crippen LogP contribution is -2.27. The quantitative estimate of drug-likeness (QED) is 0.807. The van der Waals surface area contributed by atoms with E-state index in [1.165, 1.54) is 16.7 Å². The highest BCUT2D eigenvalue weighted by Crippen LogP contribution is 2.34. The van der Waals surface area contributed by atoms with Crippen LogP contribution in [0.4, 0.5) is 0 Å². The molecule has 3 unspecified atom stereocenters. The summed E-state index contributed by atoms with van der Waals surface area (Å²) in [6.45, 7) is 10.4. The first kappa shape index (κ1) is 18.0. The summed E-state index contributed by atoms with van der Waals surface area (Å²) in [5.41, 5.74) is 4.81. The third-order valence-corrected chi connectivity index (χ3v) is 4.44. The van der Waals surface area contributed by atoms with Crippen LogP contribution in [0.15, 0.2) is 6.07 Å². The average Bonchev–Trinajstić information content (AvgIpc) is 2.43. The van der Waals surface area contributed by atoms with E-state index in [1.54, 1.807) is 7.11 Å². The van der Waals surface area contributed by atoms with E-state index in [0.717, 1.165) is 17.7 Å². The van der Waals surface area contributed by atoms with Crippen molar-refractivity contribution in [3.8, 4) is 5.75 Å².